The van der Waals surface area contributed by atoms with Crippen LogP contribution in [-0.2, 0) is 13.0 Å². The number of aliphatic imine (C=N–C) groups is 1. The molecule has 1 unspecified atom stereocenters. The maximum absolute atomic E-state index is 4.57. The summed E-state index contributed by atoms with van der Waals surface area (Å²) in [5, 5.41) is 0. The van der Waals surface area contributed by atoms with Crippen molar-refractivity contribution in [3.63, 3.8) is 0 Å². The first-order valence-corrected chi connectivity index (χ1v) is 10.4. The van der Waals surface area contributed by atoms with Crippen molar-refractivity contribution in [2.24, 2.45) is 4.99 Å². The second-order valence-electron chi connectivity index (χ2n) is 7.23. The summed E-state index contributed by atoms with van der Waals surface area (Å²) < 4.78 is 0. The zero-order valence-corrected chi connectivity index (χ0v) is 17.1. The second kappa shape index (κ2) is 12.5. The van der Waals surface area contributed by atoms with Crippen LogP contribution in [0.4, 0.5) is 0 Å². The van der Waals surface area contributed by atoms with Gasteiger partial charge in [0.05, 0.1) is 6.54 Å². The Balaban J connectivity index is 1.94. The van der Waals surface area contributed by atoms with Crippen molar-refractivity contribution in [3.8, 4) is 0 Å². The molecular weight excluding hydrogens is 328 g/mol. The molecule has 2 rings (SSSR count). The molecule has 2 aromatic rings. The normalized spacial score (nSPS) is 12.7. The first-order chi connectivity index (χ1) is 13.3. The van der Waals surface area contributed by atoms with Gasteiger partial charge >= 0.3 is 0 Å². The summed E-state index contributed by atoms with van der Waals surface area (Å²) in [4.78, 5) is 7.22. The van der Waals surface area contributed by atoms with E-state index in [4.69, 9.17) is 0 Å². The van der Waals surface area contributed by atoms with Gasteiger partial charge in [-0.2, -0.15) is 0 Å². The zero-order valence-electron chi connectivity index (χ0n) is 17.1. The van der Waals surface area contributed by atoms with Gasteiger partial charge in [-0.25, -0.2) is 0 Å². The molecule has 0 saturated heterocycles. The van der Waals surface area contributed by atoms with Crippen LogP contribution in [0.1, 0.15) is 56.2 Å². The first-order valence-electron chi connectivity index (χ1n) is 10.4. The molecule has 0 N–H and O–H groups in total. The molecule has 0 aliphatic heterocycles. The van der Waals surface area contributed by atoms with E-state index in [1.807, 2.05) is 24.4 Å². The third-order valence-corrected chi connectivity index (χ3v) is 4.88. The largest absolute Gasteiger partial charge is 0.300 e. The fourth-order valence-corrected chi connectivity index (χ4v) is 3.55. The SMILES string of the molecule is [CH2]CCC(Cc1ccc(CN=Cc2ccccc2)cc1)N(CCC)CCC. The molecular formula is C25H35N2. The van der Waals surface area contributed by atoms with Gasteiger partial charge in [0, 0.05) is 12.3 Å². The molecule has 0 aromatic heterocycles. The van der Waals surface area contributed by atoms with Gasteiger partial charge in [-0.05, 0) is 55.5 Å². The third kappa shape index (κ3) is 7.68. The van der Waals surface area contributed by atoms with Crippen LogP contribution in [0.5, 0.6) is 0 Å². The summed E-state index contributed by atoms with van der Waals surface area (Å²) in [6, 6.07) is 19.9. The Morgan fingerprint density at radius 2 is 1.56 bits per heavy atom. The van der Waals surface area contributed by atoms with Gasteiger partial charge in [0.2, 0.25) is 0 Å². The van der Waals surface area contributed by atoms with Crippen molar-refractivity contribution < 1.29 is 0 Å². The van der Waals surface area contributed by atoms with Gasteiger partial charge in [0.1, 0.15) is 0 Å². The van der Waals surface area contributed by atoms with Crippen LogP contribution in [0, 0.1) is 6.92 Å². The topological polar surface area (TPSA) is 15.6 Å². The van der Waals surface area contributed by atoms with E-state index in [0.717, 1.165) is 24.9 Å². The number of benzene rings is 2. The highest BCUT2D eigenvalue weighted by Gasteiger charge is 2.16. The summed E-state index contributed by atoms with van der Waals surface area (Å²) in [6.07, 6.45) is 7.66. The quantitative estimate of drug-likeness (QED) is 0.425. The highest BCUT2D eigenvalue weighted by molar-refractivity contribution is 5.79. The van der Waals surface area contributed by atoms with E-state index in [9.17, 15) is 0 Å². The predicted octanol–water partition coefficient (Wildman–Crippen LogP) is 5.95. The van der Waals surface area contributed by atoms with Crippen molar-refractivity contribution in [2.45, 2.75) is 58.5 Å². The Hall–Kier alpha value is -1.93. The average molecular weight is 364 g/mol. The molecule has 0 amide bonds. The summed E-state index contributed by atoms with van der Waals surface area (Å²) >= 11 is 0. The zero-order chi connectivity index (χ0) is 19.3. The maximum Gasteiger partial charge on any atom is 0.0639 e. The standard InChI is InChI=1S/C25H35N2/c1-4-10-25(27(17-5-2)18-6-3)19-22-13-15-24(16-14-22)21-26-20-23-11-8-7-9-12-23/h7-9,11-16,20,25H,1,4-6,10,17-19,21H2,2-3H3. The second-order valence-corrected chi connectivity index (χ2v) is 7.23. The fourth-order valence-electron chi connectivity index (χ4n) is 3.55. The van der Waals surface area contributed by atoms with Crippen LogP contribution in [0.2, 0.25) is 0 Å². The Morgan fingerprint density at radius 1 is 0.926 bits per heavy atom. The lowest BCUT2D eigenvalue weighted by Crippen LogP contribution is -2.38. The minimum atomic E-state index is 0.601. The molecule has 0 heterocycles. The minimum absolute atomic E-state index is 0.601. The van der Waals surface area contributed by atoms with Gasteiger partial charge in [0.25, 0.3) is 0 Å². The van der Waals surface area contributed by atoms with E-state index in [-0.39, 0.29) is 0 Å². The Kier molecular flexibility index (Phi) is 9.86. The lowest BCUT2D eigenvalue weighted by atomic mass is 9.99. The average Bonchev–Trinajstić information content (AvgIpc) is 2.70. The van der Waals surface area contributed by atoms with Crippen LogP contribution in [-0.4, -0.2) is 30.2 Å². The Labute approximate surface area is 166 Å². The van der Waals surface area contributed by atoms with Crippen molar-refractivity contribution in [1.29, 1.82) is 0 Å². The summed E-state index contributed by atoms with van der Waals surface area (Å²) in [7, 11) is 0. The molecule has 0 spiro atoms. The van der Waals surface area contributed by atoms with Crippen LogP contribution < -0.4 is 0 Å². The fraction of sp³-hybridized carbons (Fsp3) is 0.440. The van der Waals surface area contributed by atoms with Gasteiger partial charge in [-0.1, -0.05) is 81.8 Å². The minimum Gasteiger partial charge on any atom is -0.300 e. The highest BCUT2D eigenvalue weighted by atomic mass is 15.1. The van der Waals surface area contributed by atoms with E-state index in [1.54, 1.807) is 0 Å². The monoisotopic (exact) mass is 363 g/mol. The van der Waals surface area contributed by atoms with Gasteiger partial charge < -0.3 is 4.90 Å². The van der Waals surface area contributed by atoms with Crippen LogP contribution in [0.25, 0.3) is 0 Å². The molecule has 145 valence electrons. The Bertz CT molecular complexity index is 640. The number of hydrogen-bond donors (Lipinski definition) is 0. The van der Waals surface area contributed by atoms with Gasteiger partial charge in [-0.3, -0.25) is 4.99 Å². The summed E-state index contributed by atoms with van der Waals surface area (Å²) in [6.45, 7) is 11.7. The third-order valence-electron chi connectivity index (χ3n) is 4.88. The molecule has 2 aromatic carbocycles. The lowest BCUT2D eigenvalue weighted by Gasteiger charge is -2.31. The van der Waals surface area contributed by atoms with E-state index in [1.165, 1.54) is 43.5 Å². The molecule has 1 radical (unpaired) electrons. The van der Waals surface area contributed by atoms with E-state index >= 15 is 0 Å². The van der Waals surface area contributed by atoms with Gasteiger partial charge in [-0.15, -0.1) is 0 Å². The van der Waals surface area contributed by atoms with Gasteiger partial charge in [0.15, 0.2) is 0 Å². The van der Waals surface area contributed by atoms with E-state index in [0.29, 0.717) is 6.04 Å². The number of rotatable bonds is 12. The van der Waals surface area contributed by atoms with Crippen LogP contribution in [0.3, 0.4) is 0 Å². The van der Waals surface area contributed by atoms with E-state index < -0.39 is 0 Å². The molecule has 0 bridgehead atoms. The summed E-state index contributed by atoms with van der Waals surface area (Å²) in [5.74, 6) is 0. The maximum atomic E-state index is 4.57. The molecule has 0 fully saturated rings. The molecule has 0 saturated carbocycles. The molecule has 27 heavy (non-hydrogen) atoms. The smallest absolute Gasteiger partial charge is 0.0639 e. The molecule has 2 nitrogen and oxygen atoms in total. The van der Waals surface area contributed by atoms with E-state index in [2.05, 4.69) is 67.1 Å². The van der Waals surface area contributed by atoms with Crippen LogP contribution >= 0.6 is 0 Å². The lowest BCUT2D eigenvalue weighted by molar-refractivity contribution is 0.186. The molecule has 2 heteroatoms. The molecule has 0 aliphatic rings. The van der Waals surface area contributed by atoms with Crippen molar-refractivity contribution >= 4 is 6.21 Å². The number of hydrogen-bond acceptors (Lipinski definition) is 2. The molecule has 0 aliphatic carbocycles. The van der Waals surface area contributed by atoms with Crippen molar-refractivity contribution in [1.82, 2.24) is 4.90 Å². The predicted molar refractivity (Wildman–Crippen MR) is 118 cm³/mol. The van der Waals surface area contributed by atoms with Crippen LogP contribution in [0.15, 0.2) is 59.6 Å². The Morgan fingerprint density at radius 3 is 2.15 bits per heavy atom. The van der Waals surface area contributed by atoms with Crippen molar-refractivity contribution in [2.75, 3.05) is 13.1 Å². The van der Waals surface area contributed by atoms with Crippen molar-refractivity contribution in [3.05, 3.63) is 78.2 Å². The first kappa shape index (κ1) is 21.4. The highest BCUT2D eigenvalue weighted by Crippen LogP contribution is 2.16. The summed E-state index contributed by atoms with van der Waals surface area (Å²) in [5.41, 5.74) is 3.83. The molecule has 1 atom stereocenters. The number of nitrogens with zero attached hydrogens (tertiary/aromatic N) is 2.